The molecule has 4 aromatic rings. The molecule has 0 unspecified atom stereocenters. The van der Waals surface area contributed by atoms with Crippen molar-refractivity contribution in [3.05, 3.63) is 90.0 Å². The molecule has 0 radical (unpaired) electrons. The number of aromatic carboxylic acids is 1. The van der Waals surface area contributed by atoms with E-state index in [4.69, 9.17) is 4.74 Å². The Hall–Kier alpha value is -4.44. The van der Waals surface area contributed by atoms with Gasteiger partial charge in [0, 0.05) is 16.8 Å². The van der Waals surface area contributed by atoms with Crippen molar-refractivity contribution in [2.45, 2.75) is 12.1 Å². The first-order valence-corrected chi connectivity index (χ1v) is 12.1. The number of carboxylic acids is 1. The summed E-state index contributed by atoms with van der Waals surface area (Å²) in [4.78, 5) is 23.7. The number of ether oxygens (including phenoxy) is 1. The topological polar surface area (TPSA) is 119 Å². The number of benzene rings is 3. The maximum absolute atomic E-state index is 12.4. The molecule has 0 atom stereocenters. The van der Waals surface area contributed by atoms with Crippen LogP contribution in [0.4, 0.5) is 0 Å². The standard InChI is InChI=1S/C26H23N5O4S/c1-2-35-21-14-12-20(13-15-21)31-24(18-8-4-3-5-9-18)29-30-26(31)36-17-23(32)28-27-16-19-10-6-7-11-22(19)25(33)34/h3-16H,2,17H2,1H3,(H,28,32)(H,33,34)/b27-16-. The number of aromatic nitrogens is 3. The van der Waals surface area contributed by atoms with Crippen molar-refractivity contribution in [3.8, 4) is 22.8 Å². The van der Waals surface area contributed by atoms with Crippen molar-refractivity contribution in [1.29, 1.82) is 0 Å². The zero-order valence-electron chi connectivity index (χ0n) is 19.4. The van der Waals surface area contributed by atoms with Crippen molar-refractivity contribution in [2.75, 3.05) is 12.4 Å². The lowest BCUT2D eigenvalue weighted by molar-refractivity contribution is -0.118. The van der Waals surface area contributed by atoms with E-state index in [-0.39, 0.29) is 17.2 Å². The molecule has 4 rings (SSSR count). The molecule has 0 saturated heterocycles. The summed E-state index contributed by atoms with van der Waals surface area (Å²) >= 11 is 1.21. The molecular weight excluding hydrogens is 478 g/mol. The van der Waals surface area contributed by atoms with Crippen LogP contribution in [0.25, 0.3) is 17.1 Å². The number of hydrazone groups is 1. The first-order valence-electron chi connectivity index (χ1n) is 11.1. The number of thioether (sulfide) groups is 1. The van der Waals surface area contributed by atoms with Crippen LogP contribution in [-0.4, -0.2) is 50.3 Å². The Balaban J connectivity index is 1.50. The van der Waals surface area contributed by atoms with Crippen LogP contribution < -0.4 is 10.2 Å². The van der Waals surface area contributed by atoms with E-state index in [0.717, 1.165) is 17.0 Å². The molecule has 0 aliphatic carbocycles. The highest BCUT2D eigenvalue weighted by Gasteiger charge is 2.17. The van der Waals surface area contributed by atoms with E-state index in [1.807, 2.05) is 66.1 Å². The van der Waals surface area contributed by atoms with E-state index in [2.05, 4.69) is 20.7 Å². The molecular formula is C26H23N5O4S. The van der Waals surface area contributed by atoms with Gasteiger partial charge in [-0.2, -0.15) is 5.10 Å². The van der Waals surface area contributed by atoms with Crippen LogP contribution in [0.3, 0.4) is 0 Å². The summed E-state index contributed by atoms with van der Waals surface area (Å²) in [7, 11) is 0. The average molecular weight is 502 g/mol. The zero-order chi connectivity index (χ0) is 25.3. The zero-order valence-corrected chi connectivity index (χ0v) is 20.2. The van der Waals surface area contributed by atoms with Crippen LogP contribution >= 0.6 is 11.8 Å². The van der Waals surface area contributed by atoms with Gasteiger partial charge in [-0.25, -0.2) is 10.2 Å². The van der Waals surface area contributed by atoms with Gasteiger partial charge in [0.15, 0.2) is 11.0 Å². The molecule has 9 nitrogen and oxygen atoms in total. The highest BCUT2D eigenvalue weighted by atomic mass is 32.2. The van der Waals surface area contributed by atoms with Crippen LogP contribution in [0, 0.1) is 0 Å². The van der Waals surface area contributed by atoms with E-state index in [1.165, 1.54) is 24.0 Å². The van der Waals surface area contributed by atoms with Crippen molar-refractivity contribution in [2.24, 2.45) is 5.10 Å². The third-order valence-corrected chi connectivity index (χ3v) is 5.92. The van der Waals surface area contributed by atoms with Gasteiger partial charge in [-0.05, 0) is 37.3 Å². The number of amides is 1. The van der Waals surface area contributed by atoms with Gasteiger partial charge >= 0.3 is 5.97 Å². The summed E-state index contributed by atoms with van der Waals surface area (Å²) in [5, 5.41) is 22.4. The summed E-state index contributed by atoms with van der Waals surface area (Å²) in [6.45, 7) is 2.50. The van der Waals surface area contributed by atoms with Crippen LogP contribution in [0.2, 0.25) is 0 Å². The predicted octanol–water partition coefficient (Wildman–Crippen LogP) is 4.27. The smallest absolute Gasteiger partial charge is 0.336 e. The lowest BCUT2D eigenvalue weighted by atomic mass is 10.1. The third kappa shape index (κ3) is 5.97. The number of hydrogen-bond donors (Lipinski definition) is 2. The Labute approximate surface area is 211 Å². The number of hydrogen-bond acceptors (Lipinski definition) is 7. The molecule has 182 valence electrons. The van der Waals surface area contributed by atoms with E-state index in [1.54, 1.807) is 18.2 Å². The van der Waals surface area contributed by atoms with Crippen molar-refractivity contribution >= 4 is 29.9 Å². The second-order valence-corrected chi connectivity index (χ2v) is 8.35. The van der Waals surface area contributed by atoms with Gasteiger partial charge in [0.1, 0.15) is 5.75 Å². The maximum Gasteiger partial charge on any atom is 0.336 e. The molecule has 1 amide bonds. The molecule has 0 spiro atoms. The Bertz CT molecular complexity index is 1370. The van der Waals surface area contributed by atoms with Gasteiger partial charge < -0.3 is 9.84 Å². The molecule has 0 saturated carbocycles. The normalized spacial score (nSPS) is 10.9. The van der Waals surface area contributed by atoms with E-state index in [9.17, 15) is 14.7 Å². The maximum atomic E-state index is 12.4. The van der Waals surface area contributed by atoms with E-state index in [0.29, 0.717) is 23.2 Å². The van der Waals surface area contributed by atoms with Crippen LogP contribution in [0.5, 0.6) is 5.75 Å². The van der Waals surface area contributed by atoms with E-state index < -0.39 is 5.97 Å². The van der Waals surface area contributed by atoms with Crippen molar-refractivity contribution in [1.82, 2.24) is 20.2 Å². The minimum atomic E-state index is -1.07. The summed E-state index contributed by atoms with van der Waals surface area (Å²) < 4.78 is 7.43. The summed E-state index contributed by atoms with van der Waals surface area (Å²) in [6.07, 6.45) is 1.31. The molecule has 0 aliphatic rings. The molecule has 1 heterocycles. The summed E-state index contributed by atoms with van der Waals surface area (Å²) in [5.41, 5.74) is 4.63. The Morgan fingerprint density at radius 1 is 1.03 bits per heavy atom. The molecule has 2 N–H and O–H groups in total. The molecule has 1 aromatic heterocycles. The van der Waals surface area contributed by atoms with E-state index >= 15 is 0 Å². The van der Waals surface area contributed by atoms with Gasteiger partial charge in [-0.1, -0.05) is 60.3 Å². The second-order valence-electron chi connectivity index (χ2n) is 7.41. The number of carbonyl (C=O) groups excluding carboxylic acids is 1. The lowest BCUT2D eigenvalue weighted by Gasteiger charge is -2.11. The highest BCUT2D eigenvalue weighted by Crippen LogP contribution is 2.28. The first kappa shape index (κ1) is 24.7. The fourth-order valence-electron chi connectivity index (χ4n) is 3.37. The van der Waals surface area contributed by atoms with Gasteiger partial charge in [0.25, 0.3) is 5.91 Å². The number of carboxylic acid groups (broad SMARTS) is 1. The molecule has 0 bridgehead atoms. The number of nitrogens with one attached hydrogen (secondary N) is 1. The summed E-state index contributed by atoms with van der Waals surface area (Å²) in [5.74, 6) is -0.00666. The van der Waals surface area contributed by atoms with Gasteiger partial charge in [-0.15, -0.1) is 10.2 Å². The van der Waals surface area contributed by atoms with Crippen LogP contribution in [0.1, 0.15) is 22.8 Å². The Morgan fingerprint density at radius 3 is 2.47 bits per heavy atom. The minimum Gasteiger partial charge on any atom is -0.494 e. The first-order chi connectivity index (χ1) is 17.6. The number of nitrogens with zero attached hydrogens (tertiary/aromatic N) is 4. The highest BCUT2D eigenvalue weighted by molar-refractivity contribution is 7.99. The third-order valence-electron chi connectivity index (χ3n) is 4.99. The quantitative estimate of drug-likeness (QED) is 0.189. The number of carbonyl (C=O) groups is 2. The van der Waals surface area contributed by atoms with Crippen molar-refractivity contribution < 1.29 is 19.4 Å². The van der Waals surface area contributed by atoms with Gasteiger partial charge in [0.05, 0.1) is 24.1 Å². The van der Waals surface area contributed by atoms with Crippen LogP contribution in [0.15, 0.2) is 89.1 Å². The molecule has 10 heteroatoms. The van der Waals surface area contributed by atoms with Gasteiger partial charge in [0.2, 0.25) is 0 Å². The summed E-state index contributed by atoms with van der Waals surface area (Å²) in [6, 6.07) is 23.6. The number of rotatable bonds is 10. The Morgan fingerprint density at radius 2 is 1.75 bits per heavy atom. The molecule has 3 aromatic carbocycles. The fourth-order valence-corrected chi connectivity index (χ4v) is 4.11. The Kier molecular flexibility index (Phi) is 8.09. The fraction of sp³-hybridized carbons (Fsp3) is 0.115. The average Bonchev–Trinajstić information content (AvgIpc) is 3.33. The van der Waals surface area contributed by atoms with Gasteiger partial charge in [-0.3, -0.25) is 9.36 Å². The van der Waals surface area contributed by atoms with Crippen molar-refractivity contribution in [3.63, 3.8) is 0 Å². The molecule has 0 fully saturated rings. The minimum absolute atomic E-state index is 0.0296. The SMILES string of the molecule is CCOc1ccc(-n2c(SCC(=O)N/N=C\c3ccccc3C(=O)O)nnc2-c2ccccc2)cc1. The van der Waals surface area contributed by atoms with Crippen LogP contribution in [-0.2, 0) is 4.79 Å². The molecule has 36 heavy (non-hydrogen) atoms. The second kappa shape index (κ2) is 11.8. The largest absolute Gasteiger partial charge is 0.494 e. The molecule has 0 aliphatic heterocycles. The lowest BCUT2D eigenvalue weighted by Crippen LogP contribution is -2.20. The monoisotopic (exact) mass is 501 g/mol. The predicted molar refractivity (Wildman–Crippen MR) is 138 cm³/mol.